The van der Waals surface area contributed by atoms with E-state index in [1.807, 2.05) is 0 Å². The van der Waals surface area contributed by atoms with Crippen molar-refractivity contribution in [3.05, 3.63) is 65.2 Å². The Hall–Kier alpha value is -2.55. The average molecular weight is 386 g/mol. The van der Waals surface area contributed by atoms with E-state index in [9.17, 15) is 26.4 Å². The molecule has 5 nitrogen and oxygen atoms in total. The van der Waals surface area contributed by atoms with Gasteiger partial charge in [0.2, 0.25) is 10.0 Å². The summed E-state index contributed by atoms with van der Waals surface area (Å²) in [5.74, 6) is -0.461. The number of nitrogens with one attached hydrogen (secondary N) is 1. The predicted molar refractivity (Wildman–Crippen MR) is 92.2 cm³/mol. The lowest BCUT2D eigenvalue weighted by Gasteiger charge is -2.19. The van der Waals surface area contributed by atoms with Gasteiger partial charge in [0, 0.05) is 13.6 Å². The van der Waals surface area contributed by atoms with Crippen LogP contribution < -0.4 is 4.72 Å². The van der Waals surface area contributed by atoms with Crippen molar-refractivity contribution in [2.45, 2.75) is 12.7 Å². The Bertz CT molecular complexity index is 894. The zero-order valence-corrected chi connectivity index (χ0v) is 14.9. The molecule has 0 radical (unpaired) electrons. The number of carbonyl (C=O) groups excluding carboxylic acids is 1. The van der Waals surface area contributed by atoms with Crippen molar-refractivity contribution in [3.8, 4) is 0 Å². The van der Waals surface area contributed by atoms with Gasteiger partial charge in [0.25, 0.3) is 5.91 Å². The SMILES string of the molecule is CN(Cc1ccc(C(F)(F)F)cc1)C(=O)c1ccccc1NS(C)(=O)=O. The van der Waals surface area contributed by atoms with Crippen LogP contribution in [0.1, 0.15) is 21.5 Å². The van der Waals surface area contributed by atoms with Crippen molar-refractivity contribution in [1.29, 1.82) is 0 Å². The van der Waals surface area contributed by atoms with E-state index in [-0.39, 0.29) is 17.8 Å². The lowest BCUT2D eigenvalue weighted by atomic mass is 10.1. The maximum Gasteiger partial charge on any atom is 0.416 e. The number of sulfonamides is 1. The lowest BCUT2D eigenvalue weighted by molar-refractivity contribution is -0.137. The fourth-order valence-electron chi connectivity index (χ4n) is 2.31. The number of nitrogens with zero attached hydrogens (tertiary/aromatic N) is 1. The minimum atomic E-state index is -4.42. The molecule has 0 aliphatic heterocycles. The molecule has 0 saturated heterocycles. The first-order chi connectivity index (χ1) is 12.0. The van der Waals surface area contributed by atoms with E-state index in [1.54, 1.807) is 12.1 Å². The molecule has 1 amide bonds. The van der Waals surface area contributed by atoms with Gasteiger partial charge in [0.05, 0.1) is 23.1 Å². The van der Waals surface area contributed by atoms with Crippen LogP contribution in [0.15, 0.2) is 48.5 Å². The fraction of sp³-hybridized carbons (Fsp3) is 0.235. The van der Waals surface area contributed by atoms with Crippen LogP contribution in [0.25, 0.3) is 0 Å². The molecule has 140 valence electrons. The van der Waals surface area contributed by atoms with E-state index in [1.165, 1.54) is 36.2 Å². The molecule has 0 unspecified atom stereocenters. The van der Waals surface area contributed by atoms with Crippen LogP contribution in [0.3, 0.4) is 0 Å². The third kappa shape index (κ3) is 5.22. The van der Waals surface area contributed by atoms with Gasteiger partial charge >= 0.3 is 6.18 Å². The number of rotatable bonds is 5. The van der Waals surface area contributed by atoms with Crippen LogP contribution in [-0.4, -0.2) is 32.5 Å². The Kier molecular flexibility index (Phi) is 5.60. The van der Waals surface area contributed by atoms with Crippen LogP contribution in [0.5, 0.6) is 0 Å². The Balaban J connectivity index is 2.18. The Labute approximate surface area is 149 Å². The third-order valence-corrected chi connectivity index (χ3v) is 4.09. The fourth-order valence-corrected chi connectivity index (χ4v) is 2.89. The van der Waals surface area contributed by atoms with E-state index in [2.05, 4.69) is 4.72 Å². The van der Waals surface area contributed by atoms with Crippen molar-refractivity contribution >= 4 is 21.6 Å². The molecule has 0 aliphatic rings. The summed E-state index contributed by atoms with van der Waals surface area (Å²) in [6, 6.07) is 10.6. The summed E-state index contributed by atoms with van der Waals surface area (Å²) in [4.78, 5) is 13.9. The second-order valence-electron chi connectivity index (χ2n) is 5.78. The number of anilines is 1. The first kappa shape index (κ1) is 19.8. The number of amides is 1. The van der Waals surface area contributed by atoms with Crippen LogP contribution in [-0.2, 0) is 22.7 Å². The molecule has 0 aliphatic carbocycles. The largest absolute Gasteiger partial charge is 0.416 e. The number of alkyl halides is 3. The van der Waals surface area contributed by atoms with Gasteiger partial charge in [-0.2, -0.15) is 13.2 Å². The number of para-hydroxylation sites is 1. The second kappa shape index (κ2) is 7.36. The van der Waals surface area contributed by atoms with Crippen LogP contribution in [0.2, 0.25) is 0 Å². The molecule has 0 fully saturated rings. The Morgan fingerprint density at radius 2 is 1.65 bits per heavy atom. The van der Waals surface area contributed by atoms with E-state index in [0.29, 0.717) is 5.56 Å². The molecule has 0 spiro atoms. The van der Waals surface area contributed by atoms with Crippen LogP contribution in [0.4, 0.5) is 18.9 Å². The number of hydrogen-bond donors (Lipinski definition) is 1. The maximum absolute atomic E-state index is 12.6. The smallest absolute Gasteiger partial charge is 0.337 e. The van der Waals surface area contributed by atoms with Gasteiger partial charge in [-0.05, 0) is 29.8 Å². The first-order valence-electron chi connectivity index (χ1n) is 7.46. The highest BCUT2D eigenvalue weighted by atomic mass is 32.2. The number of carbonyl (C=O) groups is 1. The van der Waals surface area contributed by atoms with Gasteiger partial charge in [-0.1, -0.05) is 24.3 Å². The summed E-state index contributed by atoms with van der Waals surface area (Å²) >= 11 is 0. The molecule has 9 heteroatoms. The zero-order valence-electron chi connectivity index (χ0n) is 14.0. The summed E-state index contributed by atoms with van der Waals surface area (Å²) in [6.07, 6.45) is -3.45. The van der Waals surface area contributed by atoms with E-state index in [4.69, 9.17) is 0 Å². The van der Waals surface area contributed by atoms with E-state index >= 15 is 0 Å². The van der Waals surface area contributed by atoms with E-state index in [0.717, 1.165) is 18.4 Å². The van der Waals surface area contributed by atoms with Gasteiger partial charge in [0.1, 0.15) is 0 Å². The molecule has 2 rings (SSSR count). The van der Waals surface area contributed by atoms with Crippen molar-refractivity contribution in [1.82, 2.24) is 4.90 Å². The third-order valence-electron chi connectivity index (χ3n) is 3.50. The molecular formula is C17H17F3N2O3S. The standard InChI is InChI=1S/C17H17F3N2O3S/c1-22(11-12-7-9-13(10-8-12)17(18,19)20)16(23)14-5-3-4-6-15(14)21-26(2,24)25/h3-10,21H,11H2,1-2H3. The van der Waals surface area contributed by atoms with Crippen LogP contribution >= 0.6 is 0 Å². The molecule has 0 heterocycles. The number of hydrogen-bond acceptors (Lipinski definition) is 3. The molecule has 0 saturated carbocycles. The maximum atomic E-state index is 12.6. The number of benzene rings is 2. The topological polar surface area (TPSA) is 66.5 Å². The van der Waals surface area contributed by atoms with Crippen molar-refractivity contribution < 1.29 is 26.4 Å². The van der Waals surface area contributed by atoms with Crippen molar-refractivity contribution in [3.63, 3.8) is 0 Å². The molecule has 1 N–H and O–H groups in total. The predicted octanol–water partition coefficient (Wildman–Crippen LogP) is 3.35. The molecule has 26 heavy (non-hydrogen) atoms. The van der Waals surface area contributed by atoms with Gasteiger partial charge < -0.3 is 4.90 Å². The van der Waals surface area contributed by atoms with Crippen molar-refractivity contribution in [2.24, 2.45) is 0 Å². The van der Waals surface area contributed by atoms with Gasteiger partial charge in [0.15, 0.2) is 0 Å². The van der Waals surface area contributed by atoms with Gasteiger partial charge in [-0.25, -0.2) is 8.42 Å². The molecule has 0 atom stereocenters. The Morgan fingerprint density at radius 1 is 1.08 bits per heavy atom. The highest BCUT2D eigenvalue weighted by Crippen LogP contribution is 2.29. The lowest BCUT2D eigenvalue weighted by Crippen LogP contribution is -2.27. The highest BCUT2D eigenvalue weighted by Gasteiger charge is 2.30. The molecule has 0 bridgehead atoms. The van der Waals surface area contributed by atoms with E-state index < -0.39 is 27.7 Å². The second-order valence-corrected chi connectivity index (χ2v) is 7.52. The molecule has 0 aromatic heterocycles. The highest BCUT2D eigenvalue weighted by molar-refractivity contribution is 7.92. The minimum Gasteiger partial charge on any atom is -0.337 e. The van der Waals surface area contributed by atoms with Gasteiger partial charge in [-0.15, -0.1) is 0 Å². The minimum absolute atomic E-state index is 0.0736. The summed E-state index contributed by atoms with van der Waals surface area (Å²) in [5.41, 5.74) is 0.0342. The molecule has 2 aromatic rings. The summed E-state index contributed by atoms with van der Waals surface area (Å²) < 4.78 is 62.9. The molecular weight excluding hydrogens is 369 g/mol. The average Bonchev–Trinajstić information content (AvgIpc) is 2.53. The summed E-state index contributed by atoms with van der Waals surface area (Å²) in [6.45, 7) is 0.0736. The van der Waals surface area contributed by atoms with Gasteiger partial charge in [-0.3, -0.25) is 9.52 Å². The summed E-state index contributed by atoms with van der Waals surface area (Å²) in [5, 5.41) is 0. The number of halogens is 3. The molecule has 2 aromatic carbocycles. The first-order valence-corrected chi connectivity index (χ1v) is 9.35. The van der Waals surface area contributed by atoms with Crippen LogP contribution in [0, 0.1) is 0 Å². The monoisotopic (exact) mass is 386 g/mol. The quantitative estimate of drug-likeness (QED) is 0.857. The van der Waals surface area contributed by atoms with Crippen molar-refractivity contribution in [2.75, 3.05) is 18.0 Å². The summed E-state index contributed by atoms with van der Waals surface area (Å²) in [7, 11) is -2.08. The zero-order chi connectivity index (χ0) is 19.5. The normalized spacial score (nSPS) is 11.9. The Morgan fingerprint density at radius 3 is 2.19 bits per heavy atom.